The summed E-state index contributed by atoms with van der Waals surface area (Å²) >= 11 is 3.31. The summed E-state index contributed by atoms with van der Waals surface area (Å²) in [6.07, 6.45) is 2.24. The summed E-state index contributed by atoms with van der Waals surface area (Å²) in [5.74, 6) is -0.414. The standard InChI is InChI=1S/C14H18BrN3O2/c15-11-4-1-3-10(7-11)14(20)18-9-13(19)17-8-12-5-2-6-16-12/h1,3-4,7,12,16H,2,5-6,8-9H2,(H,17,19)(H,18,20). The first kappa shape index (κ1) is 15.0. The monoisotopic (exact) mass is 339 g/mol. The zero-order valence-electron chi connectivity index (χ0n) is 11.1. The number of benzene rings is 1. The number of halogens is 1. The molecule has 1 saturated heterocycles. The minimum absolute atomic E-state index is 0.00192. The van der Waals surface area contributed by atoms with E-state index in [1.54, 1.807) is 18.2 Å². The average molecular weight is 340 g/mol. The second kappa shape index (κ2) is 7.40. The van der Waals surface area contributed by atoms with Gasteiger partial charge in [0.2, 0.25) is 5.91 Å². The van der Waals surface area contributed by atoms with Crippen molar-refractivity contribution in [1.29, 1.82) is 0 Å². The molecule has 1 atom stereocenters. The van der Waals surface area contributed by atoms with E-state index in [0.717, 1.165) is 23.9 Å². The summed E-state index contributed by atoms with van der Waals surface area (Å²) in [5, 5.41) is 8.73. The Morgan fingerprint density at radius 2 is 2.20 bits per heavy atom. The predicted octanol–water partition coefficient (Wildman–Crippen LogP) is 1.05. The van der Waals surface area contributed by atoms with E-state index in [0.29, 0.717) is 18.2 Å². The summed E-state index contributed by atoms with van der Waals surface area (Å²) in [7, 11) is 0. The van der Waals surface area contributed by atoms with Crippen LogP contribution in [0.3, 0.4) is 0 Å². The highest BCUT2D eigenvalue weighted by Gasteiger charge is 2.15. The number of amides is 2. The van der Waals surface area contributed by atoms with Gasteiger partial charge in [-0.3, -0.25) is 9.59 Å². The lowest BCUT2D eigenvalue weighted by atomic mass is 10.2. The van der Waals surface area contributed by atoms with Crippen LogP contribution in [-0.4, -0.2) is 37.5 Å². The van der Waals surface area contributed by atoms with Gasteiger partial charge in [-0.05, 0) is 37.6 Å². The molecular formula is C14H18BrN3O2. The van der Waals surface area contributed by atoms with E-state index in [1.165, 1.54) is 0 Å². The highest BCUT2D eigenvalue weighted by atomic mass is 79.9. The zero-order valence-corrected chi connectivity index (χ0v) is 12.7. The molecule has 20 heavy (non-hydrogen) atoms. The van der Waals surface area contributed by atoms with Crippen LogP contribution in [0.5, 0.6) is 0 Å². The second-order valence-corrected chi connectivity index (χ2v) is 5.71. The van der Waals surface area contributed by atoms with Crippen LogP contribution >= 0.6 is 15.9 Å². The molecule has 0 radical (unpaired) electrons. The van der Waals surface area contributed by atoms with Gasteiger partial charge < -0.3 is 16.0 Å². The lowest BCUT2D eigenvalue weighted by Gasteiger charge is -2.11. The SMILES string of the molecule is O=C(CNC(=O)c1cccc(Br)c1)NCC1CCCN1. The van der Waals surface area contributed by atoms with Gasteiger partial charge in [-0.25, -0.2) is 0 Å². The fraction of sp³-hybridized carbons (Fsp3) is 0.429. The normalized spacial score (nSPS) is 17.8. The molecule has 2 rings (SSSR count). The zero-order chi connectivity index (χ0) is 14.4. The van der Waals surface area contributed by atoms with Crippen LogP contribution in [0.1, 0.15) is 23.2 Å². The second-order valence-electron chi connectivity index (χ2n) is 4.79. The molecule has 0 aliphatic carbocycles. The quantitative estimate of drug-likeness (QED) is 0.750. The van der Waals surface area contributed by atoms with Crippen LogP contribution in [-0.2, 0) is 4.79 Å². The summed E-state index contributed by atoms with van der Waals surface area (Å²) in [6.45, 7) is 1.63. The highest BCUT2D eigenvalue weighted by molar-refractivity contribution is 9.10. The lowest BCUT2D eigenvalue weighted by molar-refractivity contribution is -0.120. The van der Waals surface area contributed by atoms with E-state index in [4.69, 9.17) is 0 Å². The third kappa shape index (κ3) is 4.61. The van der Waals surface area contributed by atoms with Gasteiger partial charge in [0.05, 0.1) is 6.54 Å². The topological polar surface area (TPSA) is 70.2 Å². The molecule has 1 unspecified atom stereocenters. The van der Waals surface area contributed by atoms with E-state index in [1.807, 2.05) is 6.07 Å². The molecule has 1 fully saturated rings. The van der Waals surface area contributed by atoms with Crippen molar-refractivity contribution in [2.75, 3.05) is 19.6 Å². The van der Waals surface area contributed by atoms with Crippen molar-refractivity contribution in [3.8, 4) is 0 Å². The molecular weight excluding hydrogens is 322 g/mol. The Morgan fingerprint density at radius 1 is 1.35 bits per heavy atom. The van der Waals surface area contributed by atoms with E-state index >= 15 is 0 Å². The molecule has 0 saturated carbocycles. The van der Waals surface area contributed by atoms with Crippen LogP contribution < -0.4 is 16.0 Å². The third-order valence-corrected chi connectivity index (χ3v) is 3.70. The third-order valence-electron chi connectivity index (χ3n) is 3.20. The van der Waals surface area contributed by atoms with E-state index in [-0.39, 0.29) is 18.4 Å². The molecule has 1 aliphatic heterocycles. The largest absolute Gasteiger partial charge is 0.353 e. The first-order valence-electron chi connectivity index (χ1n) is 6.69. The van der Waals surface area contributed by atoms with Gasteiger partial charge in [-0.1, -0.05) is 22.0 Å². The Labute approximate surface area is 126 Å². The number of carbonyl (C=O) groups excluding carboxylic acids is 2. The van der Waals surface area contributed by atoms with Crippen molar-refractivity contribution in [2.24, 2.45) is 0 Å². The fourth-order valence-corrected chi connectivity index (χ4v) is 2.52. The van der Waals surface area contributed by atoms with Crippen molar-refractivity contribution in [2.45, 2.75) is 18.9 Å². The molecule has 1 aromatic rings. The van der Waals surface area contributed by atoms with Crippen LogP contribution in [0.15, 0.2) is 28.7 Å². The number of rotatable bonds is 5. The Kier molecular flexibility index (Phi) is 5.55. The molecule has 0 spiro atoms. The number of nitrogens with one attached hydrogen (secondary N) is 3. The van der Waals surface area contributed by atoms with Crippen molar-refractivity contribution in [1.82, 2.24) is 16.0 Å². The van der Waals surface area contributed by atoms with Crippen molar-refractivity contribution in [3.05, 3.63) is 34.3 Å². The molecule has 1 aliphatic rings. The van der Waals surface area contributed by atoms with E-state index < -0.39 is 0 Å². The molecule has 2 amide bonds. The molecule has 6 heteroatoms. The Bertz CT molecular complexity index is 487. The first-order chi connectivity index (χ1) is 9.65. The van der Waals surface area contributed by atoms with Crippen LogP contribution in [0.4, 0.5) is 0 Å². The van der Waals surface area contributed by atoms with Crippen LogP contribution in [0.25, 0.3) is 0 Å². The van der Waals surface area contributed by atoms with Crippen LogP contribution in [0, 0.1) is 0 Å². The van der Waals surface area contributed by atoms with Gasteiger partial charge in [-0.15, -0.1) is 0 Å². The van der Waals surface area contributed by atoms with Gasteiger partial charge in [0.25, 0.3) is 5.91 Å². The smallest absolute Gasteiger partial charge is 0.251 e. The molecule has 3 N–H and O–H groups in total. The van der Waals surface area contributed by atoms with Gasteiger partial charge in [0.1, 0.15) is 0 Å². The molecule has 1 aromatic carbocycles. The number of hydrogen-bond acceptors (Lipinski definition) is 3. The Morgan fingerprint density at radius 3 is 2.90 bits per heavy atom. The molecule has 108 valence electrons. The van der Waals surface area contributed by atoms with E-state index in [2.05, 4.69) is 31.9 Å². The fourth-order valence-electron chi connectivity index (χ4n) is 2.12. The molecule has 5 nitrogen and oxygen atoms in total. The Balaban J connectivity index is 1.71. The summed E-state index contributed by atoms with van der Waals surface area (Å²) in [6, 6.07) is 7.42. The van der Waals surface area contributed by atoms with Gasteiger partial charge in [0, 0.05) is 22.6 Å². The number of carbonyl (C=O) groups is 2. The molecule has 0 bridgehead atoms. The van der Waals surface area contributed by atoms with Crippen molar-refractivity contribution in [3.63, 3.8) is 0 Å². The Hall–Kier alpha value is -1.40. The van der Waals surface area contributed by atoms with Gasteiger partial charge >= 0.3 is 0 Å². The maximum absolute atomic E-state index is 11.8. The summed E-state index contributed by atoms with van der Waals surface area (Å²) in [5.41, 5.74) is 0.532. The maximum Gasteiger partial charge on any atom is 0.251 e. The molecule has 1 heterocycles. The van der Waals surface area contributed by atoms with Crippen LogP contribution in [0.2, 0.25) is 0 Å². The molecule has 0 aromatic heterocycles. The van der Waals surface area contributed by atoms with Gasteiger partial charge in [0.15, 0.2) is 0 Å². The highest BCUT2D eigenvalue weighted by Crippen LogP contribution is 2.11. The summed E-state index contributed by atoms with van der Waals surface area (Å²) < 4.78 is 0.835. The minimum Gasteiger partial charge on any atom is -0.353 e. The maximum atomic E-state index is 11.8. The number of hydrogen-bond donors (Lipinski definition) is 3. The summed E-state index contributed by atoms with van der Waals surface area (Å²) in [4.78, 5) is 23.5. The van der Waals surface area contributed by atoms with Crippen molar-refractivity contribution < 1.29 is 9.59 Å². The first-order valence-corrected chi connectivity index (χ1v) is 7.48. The van der Waals surface area contributed by atoms with Crippen molar-refractivity contribution >= 4 is 27.7 Å². The van der Waals surface area contributed by atoms with E-state index in [9.17, 15) is 9.59 Å². The predicted molar refractivity (Wildman–Crippen MR) is 80.5 cm³/mol. The minimum atomic E-state index is -0.250. The van der Waals surface area contributed by atoms with Gasteiger partial charge in [-0.2, -0.15) is 0 Å². The average Bonchev–Trinajstić information content (AvgIpc) is 2.95. The lowest BCUT2D eigenvalue weighted by Crippen LogP contribution is -2.42.